The first-order chi connectivity index (χ1) is 20.1. The molecule has 0 bridgehead atoms. The van der Waals surface area contributed by atoms with Crippen LogP contribution in [0.5, 0.6) is 0 Å². The Labute approximate surface area is 248 Å². The Kier molecular flexibility index (Phi) is 7.84. The summed E-state index contributed by atoms with van der Waals surface area (Å²) in [6.07, 6.45) is 5.54. The minimum atomic E-state index is -3.86. The lowest BCUT2D eigenvalue weighted by atomic mass is 9.93. The van der Waals surface area contributed by atoms with Gasteiger partial charge in [-0.3, -0.25) is 4.79 Å². The highest BCUT2D eigenvalue weighted by molar-refractivity contribution is 7.89. The van der Waals surface area contributed by atoms with Crippen LogP contribution in [0.2, 0.25) is 0 Å². The molecule has 0 unspecified atom stereocenters. The van der Waals surface area contributed by atoms with E-state index in [1.807, 2.05) is 13.0 Å². The fraction of sp³-hybridized carbons (Fsp3) is 0.600. The minimum absolute atomic E-state index is 0.0759. The molecule has 1 aliphatic carbocycles. The molecule has 2 atom stereocenters. The average Bonchev–Trinajstić information content (AvgIpc) is 3.63. The lowest BCUT2D eigenvalue weighted by molar-refractivity contribution is 0.0530. The lowest BCUT2D eigenvalue weighted by Crippen LogP contribution is -2.42. The number of amides is 1. The largest absolute Gasteiger partial charge is 0.395 e. The van der Waals surface area contributed by atoms with E-state index in [1.54, 1.807) is 19.1 Å². The molecule has 11 nitrogen and oxygen atoms in total. The monoisotopic (exact) mass is 598 g/mol. The van der Waals surface area contributed by atoms with Gasteiger partial charge in [0.15, 0.2) is 5.82 Å². The van der Waals surface area contributed by atoms with Crippen LogP contribution in [0.4, 0.5) is 22.9 Å². The number of likely N-dealkylation sites (N-methyl/N-ethyl adjacent to an activating group) is 1. The van der Waals surface area contributed by atoms with E-state index in [-0.39, 0.29) is 23.5 Å². The van der Waals surface area contributed by atoms with Crippen molar-refractivity contribution in [2.45, 2.75) is 63.0 Å². The van der Waals surface area contributed by atoms with Gasteiger partial charge in [0.25, 0.3) is 5.91 Å². The maximum Gasteiger partial charge on any atom is 0.274 e. The number of hydrogen-bond donors (Lipinski definition) is 3. The number of carbonyl (C=O) groups excluding carboxylic acids is 1. The van der Waals surface area contributed by atoms with Crippen LogP contribution in [0.25, 0.3) is 0 Å². The van der Waals surface area contributed by atoms with Crippen molar-refractivity contribution in [3.8, 4) is 0 Å². The number of nitrogens with zero attached hydrogens (tertiary/aromatic N) is 4. The SMILES string of the molecule is C[C@H](CO)NS(=O)(=O)c1ccc(NC(=O)c2cc3c(c(N4CCO[C@H](C)C4)n2)N(C)CC3)c(N2CCC3(CC2)CC3)c1. The number of nitrogens with one attached hydrogen (secondary N) is 2. The minimum Gasteiger partial charge on any atom is -0.395 e. The van der Waals surface area contributed by atoms with Gasteiger partial charge in [-0.15, -0.1) is 0 Å². The number of aliphatic hydroxyl groups is 1. The summed E-state index contributed by atoms with van der Waals surface area (Å²) in [6, 6.07) is 6.08. The quantitative estimate of drug-likeness (QED) is 0.420. The van der Waals surface area contributed by atoms with Gasteiger partial charge in [-0.25, -0.2) is 18.1 Å². The molecule has 1 spiro atoms. The highest BCUT2D eigenvalue weighted by Gasteiger charge is 2.44. The number of morpholine rings is 1. The van der Waals surface area contributed by atoms with Crippen molar-refractivity contribution in [1.29, 1.82) is 0 Å². The Morgan fingerprint density at radius 3 is 2.60 bits per heavy atom. The molecular formula is C30H42N6O5S. The molecule has 3 fully saturated rings. The van der Waals surface area contributed by atoms with Crippen LogP contribution in [0.15, 0.2) is 29.2 Å². The molecule has 3 aliphatic heterocycles. The van der Waals surface area contributed by atoms with Gasteiger partial charge in [0, 0.05) is 45.8 Å². The number of rotatable bonds is 8. The summed E-state index contributed by atoms with van der Waals surface area (Å²) in [5.41, 5.74) is 4.20. The van der Waals surface area contributed by atoms with Crippen molar-refractivity contribution in [2.75, 3.05) is 73.0 Å². The number of ether oxygens (including phenoxy) is 1. The number of fused-ring (bicyclic) bond motifs is 1. The number of anilines is 4. The lowest BCUT2D eigenvalue weighted by Gasteiger charge is -2.35. The molecule has 42 heavy (non-hydrogen) atoms. The number of hydrogen-bond acceptors (Lipinski definition) is 9. The summed E-state index contributed by atoms with van der Waals surface area (Å²) in [6.45, 7) is 7.85. The normalized spacial score (nSPS) is 22.3. The van der Waals surface area contributed by atoms with Gasteiger partial charge in [0.2, 0.25) is 10.0 Å². The molecular weight excluding hydrogens is 556 g/mol. The predicted octanol–water partition coefficient (Wildman–Crippen LogP) is 2.59. The summed E-state index contributed by atoms with van der Waals surface area (Å²) in [5.74, 6) is 0.485. The Morgan fingerprint density at radius 2 is 1.90 bits per heavy atom. The number of piperidine rings is 1. The molecule has 12 heteroatoms. The molecule has 1 aromatic carbocycles. The van der Waals surface area contributed by atoms with Gasteiger partial charge in [0.05, 0.1) is 41.3 Å². The summed E-state index contributed by atoms with van der Waals surface area (Å²) in [5, 5.41) is 12.5. The van der Waals surface area contributed by atoms with Crippen LogP contribution >= 0.6 is 0 Å². The first-order valence-corrected chi connectivity index (χ1v) is 16.5. The van der Waals surface area contributed by atoms with E-state index in [0.29, 0.717) is 42.2 Å². The Hall–Kier alpha value is -2.93. The Morgan fingerprint density at radius 1 is 1.14 bits per heavy atom. The van der Waals surface area contributed by atoms with Gasteiger partial charge in [-0.1, -0.05) is 0 Å². The number of sulfonamides is 1. The first kappa shape index (κ1) is 29.2. The van der Waals surface area contributed by atoms with Gasteiger partial charge < -0.3 is 29.9 Å². The molecule has 2 saturated heterocycles. The van der Waals surface area contributed by atoms with E-state index in [2.05, 4.69) is 31.8 Å². The summed E-state index contributed by atoms with van der Waals surface area (Å²) < 4.78 is 34.5. The van der Waals surface area contributed by atoms with Crippen molar-refractivity contribution in [2.24, 2.45) is 5.41 Å². The van der Waals surface area contributed by atoms with E-state index in [9.17, 15) is 18.3 Å². The highest BCUT2D eigenvalue weighted by atomic mass is 32.2. The van der Waals surface area contributed by atoms with Gasteiger partial charge in [0.1, 0.15) is 5.69 Å². The van der Waals surface area contributed by atoms with E-state index in [0.717, 1.165) is 56.0 Å². The van der Waals surface area contributed by atoms with Crippen molar-refractivity contribution < 1.29 is 23.1 Å². The number of carbonyl (C=O) groups is 1. The van der Waals surface area contributed by atoms with E-state index in [4.69, 9.17) is 9.72 Å². The summed E-state index contributed by atoms with van der Waals surface area (Å²) >= 11 is 0. The molecule has 228 valence electrons. The molecule has 3 N–H and O–H groups in total. The molecule has 4 heterocycles. The van der Waals surface area contributed by atoms with Gasteiger partial charge >= 0.3 is 0 Å². The maximum atomic E-state index is 13.8. The average molecular weight is 599 g/mol. The Balaban J connectivity index is 1.32. The predicted molar refractivity (Wildman–Crippen MR) is 163 cm³/mol. The van der Waals surface area contributed by atoms with Crippen molar-refractivity contribution in [1.82, 2.24) is 9.71 Å². The third kappa shape index (κ3) is 5.82. The molecule has 6 rings (SSSR count). The van der Waals surface area contributed by atoms with E-state index < -0.39 is 16.1 Å². The highest BCUT2D eigenvalue weighted by Crippen LogP contribution is 2.54. The fourth-order valence-electron chi connectivity index (χ4n) is 6.43. The third-order valence-corrected chi connectivity index (χ3v) is 10.8. The molecule has 2 aromatic rings. The van der Waals surface area contributed by atoms with Crippen LogP contribution in [0.3, 0.4) is 0 Å². The van der Waals surface area contributed by atoms with Crippen LogP contribution in [0, 0.1) is 5.41 Å². The van der Waals surface area contributed by atoms with Crippen LogP contribution in [-0.2, 0) is 21.2 Å². The first-order valence-electron chi connectivity index (χ1n) is 15.0. The van der Waals surface area contributed by atoms with Gasteiger partial charge in [-0.2, -0.15) is 0 Å². The third-order valence-electron chi connectivity index (χ3n) is 9.20. The Bertz CT molecular complexity index is 1450. The van der Waals surface area contributed by atoms with E-state index in [1.165, 1.54) is 18.9 Å². The second-order valence-electron chi connectivity index (χ2n) is 12.5. The van der Waals surface area contributed by atoms with Crippen molar-refractivity contribution in [3.05, 3.63) is 35.5 Å². The molecule has 0 radical (unpaired) electrons. The molecule has 4 aliphatic rings. The number of aliphatic hydroxyl groups excluding tert-OH is 1. The summed E-state index contributed by atoms with van der Waals surface area (Å²) in [7, 11) is -1.80. The van der Waals surface area contributed by atoms with Crippen LogP contribution in [-0.4, -0.2) is 89.5 Å². The summed E-state index contributed by atoms with van der Waals surface area (Å²) in [4.78, 5) is 25.4. The molecule has 1 saturated carbocycles. The number of pyridine rings is 1. The second-order valence-corrected chi connectivity index (χ2v) is 14.2. The van der Waals surface area contributed by atoms with Crippen molar-refractivity contribution in [3.63, 3.8) is 0 Å². The standard InChI is InChI=1S/C30H42N6O5S/c1-20(19-37)33-42(39,40)23-4-5-24(26(17-23)35-12-9-30(7-8-30)10-13-35)32-29(38)25-16-22-6-11-34(3)27(22)28(31-25)36-14-15-41-21(2)18-36/h4-5,16-17,20-21,33,37H,6-15,18-19H2,1-3H3,(H,32,38)/t20-,21-/m1/s1. The van der Waals surface area contributed by atoms with Crippen LogP contribution < -0.4 is 24.7 Å². The zero-order valence-electron chi connectivity index (χ0n) is 24.7. The smallest absolute Gasteiger partial charge is 0.274 e. The van der Waals surface area contributed by atoms with Crippen LogP contribution in [0.1, 0.15) is 55.6 Å². The topological polar surface area (TPSA) is 127 Å². The van der Waals surface area contributed by atoms with E-state index >= 15 is 0 Å². The maximum absolute atomic E-state index is 13.8. The molecule has 1 aromatic heterocycles. The zero-order chi connectivity index (χ0) is 29.6. The molecule has 1 amide bonds. The number of benzene rings is 1. The second kappa shape index (κ2) is 11.3. The van der Waals surface area contributed by atoms with Gasteiger partial charge in [-0.05, 0) is 81.2 Å². The number of aromatic nitrogens is 1. The van der Waals surface area contributed by atoms with Crippen molar-refractivity contribution >= 4 is 38.8 Å². The zero-order valence-corrected chi connectivity index (χ0v) is 25.5. The fourth-order valence-corrected chi connectivity index (χ4v) is 7.69.